The summed E-state index contributed by atoms with van der Waals surface area (Å²) in [5, 5.41) is 42.1. The van der Waals surface area contributed by atoms with E-state index in [-0.39, 0.29) is 0 Å². The molecular weight excluding hydrogens is 326 g/mol. The van der Waals surface area contributed by atoms with Crippen molar-refractivity contribution in [2.45, 2.75) is 62.9 Å². The SMILES string of the molecule is CC(=O)C(O)[C@H]1O[C@@H](N)[C@@](O)(C(C)=O)[C@](O)(C(C)=O)[C@]1(O)C(C)=O. The number of ketones is 4. The summed E-state index contributed by atoms with van der Waals surface area (Å²) in [4.78, 5) is 47.5. The van der Waals surface area contributed by atoms with E-state index in [4.69, 9.17) is 10.5 Å². The fraction of sp³-hybridized carbons (Fsp3) is 0.714. The summed E-state index contributed by atoms with van der Waals surface area (Å²) in [7, 11) is 0. The number of hydrogen-bond donors (Lipinski definition) is 5. The molecule has 0 bridgehead atoms. The van der Waals surface area contributed by atoms with Crippen LogP contribution in [0.3, 0.4) is 0 Å². The summed E-state index contributed by atoms with van der Waals surface area (Å²) in [6, 6.07) is 0. The van der Waals surface area contributed by atoms with E-state index in [0.29, 0.717) is 6.92 Å². The minimum atomic E-state index is -3.45. The number of carbonyl (C=O) groups excluding carboxylic acids is 4. The van der Waals surface area contributed by atoms with Crippen LogP contribution in [0.4, 0.5) is 0 Å². The van der Waals surface area contributed by atoms with E-state index in [9.17, 15) is 39.6 Å². The molecule has 0 spiro atoms. The van der Waals surface area contributed by atoms with Crippen molar-refractivity contribution in [3.8, 4) is 0 Å². The highest BCUT2D eigenvalue weighted by molar-refractivity contribution is 6.05. The van der Waals surface area contributed by atoms with Crippen molar-refractivity contribution in [3.05, 3.63) is 0 Å². The maximum absolute atomic E-state index is 12.1. The number of carbonyl (C=O) groups is 4. The van der Waals surface area contributed by atoms with Gasteiger partial charge >= 0.3 is 0 Å². The molecule has 1 saturated heterocycles. The summed E-state index contributed by atoms with van der Waals surface area (Å²) in [6.07, 6.45) is -6.45. The molecule has 10 heteroatoms. The van der Waals surface area contributed by atoms with Gasteiger partial charge in [0, 0.05) is 0 Å². The van der Waals surface area contributed by atoms with Crippen molar-refractivity contribution in [1.29, 1.82) is 0 Å². The van der Waals surface area contributed by atoms with Gasteiger partial charge in [-0.3, -0.25) is 19.2 Å². The molecule has 24 heavy (non-hydrogen) atoms. The van der Waals surface area contributed by atoms with Crippen molar-refractivity contribution < 1.29 is 44.3 Å². The molecule has 0 aromatic carbocycles. The Morgan fingerprint density at radius 1 is 0.917 bits per heavy atom. The van der Waals surface area contributed by atoms with Gasteiger partial charge in [-0.2, -0.15) is 0 Å². The highest BCUT2D eigenvalue weighted by Crippen LogP contribution is 2.46. The van der Waals surface area contributed by atoms with Gasteiger partial charge < -0.3 is 30.9 Å². The zero-order valence-electron chi connectivity index (χ0n) is 13.6. The van der Waals surface area contributed by atoms with Crippen LogP contribution in [0.5, 0.6) is 0 Å². The number of aliphatic hydroxyl groups is 4. The van der Waals surface area contributed by atoms with Crippen LogP contribution < -0.4 is 5.73 Å². The van der Waals surface area contributed by atoms with Gasteiger partial charge in [0.15, 0.2) is 28.7 Å². The third-order valence-electron chi connectivity index (χ3n) is 4.51. The Balaban J connectivity index is 3.86. The molecule has 0 aromatic rings. The zero-order chi connectivity index (χ0) is 19.2. The predicted molar refractivity (Wildman–Crippen MR) is 76.4 cm³/mol. The largest absolute Gasteiger partial charge is 0.382 e. The maximum atomic E-state index is 12.1. The van der Waals surface area contributed by atoms with Gasteiger partial charge in [-0.25, -0.2) is 0 Å². The van der Waals surface area contributed by atoms with E-state index in [2.05, 4.69) is 0 Å². The predicted octanol–water partition coefficient (Wildman–Crippen LogP) is -3.42. The first-order valence-electron chi connectivity index (χ1n) is 7.00. The van der Waals surface area contributed by atoms with Crippen molar-refractivity contribution in [2.24, 2.45) is 5.73 Å². The molecule has 6 N–H and O–H groups in total. The number of Topliss-reactive ketones (excluding diaryl/α,β-unsaturated/α-hetero) is 4. The second kappa shape index (κ2) is 6.06. The number of rotatable bonds is 5. The van der Waals surface area contributed by atoms with Gasteiger partial charge in [0.25, 0.3) is 0 Å². The van der Waals surface area contributed by atoms with Crippen molar-refractivity contribution in [1.82, 2.24) is 0 Å². The zero-order valence-corrected chi connectivity index (χ0v) is 13.6. The molecule has 1 aliphatic rings. The van der Waals surface area contributed by atoms with Gasteiger partial charge in [0.05, 0.1) is 0 Å². The van der Waals surface area contributed by atoms with Crippen molar-refractivity contribution in [3.63, 3.8) is 0 Å². The summed E-state index contributed by atoms with van der Waals surface area (Å²) in [5.74, 6) is -4.93. The molecule has 1 aliphatic heterocycles. The highest BCUT2D eigenvalue weighted by Gasteiger charge is 2.78. The van der Waals surface area contributed by atoms with E-state index in [1.165, 1.54) is 0 Å². The average molecular weight is 347 g/mol. The van der Waals surface area contributed by atoms with Gasteiger partial charge in [-0.05, 0) is 27.7 Å². The standard InChI is InChI=1S/C14H21NO9/c1-5(16)9(20)10-12(21,6(2)17)14(23,8(4)19)13(22,7(3)18)11(15)24-10/h9-11,20-23H,15H2,1-4H3/t9?,10-,11-,12+,13+,14+/m1/s1. The minimum Gasteiger partial charge on any atom is -0.382 e. The summed E-state index contributed by atoms with van der Waals surface area (Å²) in [5.41, 5.74) is -4.41. The average Bonchev–Trinajstić information content (AvgIpc) is 2.46. The Hall–Kier alpha value is -1.56. The van der Waals surface area contributed by atoms with Crippen molar-refractivity contribution >= 4 is 23.1 Å². The Labute approximate surface area is 137 Å². The topological polar surface area (TPSA) is 184 Å². The summed E-state index contributed by atoms with van der Waals surface area (Å²) < 4.78 is 4.96. The number of aliphatic hydroxyl groups excluding tert-OH is 1. The van der Waals surface area contributed by atoms with Gasteiger partial charge in [0.1, 0.15) is 18.4 Å². The molecule has 0 aliphatic carbocycles. The Bertz CT molecular complexity index is 605. The summed E-state index contributed by atoms with van der Waals surface area (Å²) >= 11 is 0. The molecule has 6 atom stereocenters. The molecular formula is C14H21NO9. The van der Waals surface area contributed by atoms with Gasteiger partial charge in [0.2, 0.25) is 11.2 Å². The first-order chi connectivity index (χ1) is 10.7. The fourth-order valence-corrected chi connectivity index (χ4v) is 3.02. The molecule has 1 unspecified atom stereocenters. The molecule has 0 saturated carbocycles. The Morgan fingerprint density at radius 3 is 1.62 bits per heavy atom. The number of nitrogens with two attached hydrogens (primary N) is 1. The van der Waals surface area contributed by atoms with Crippen LogP contribution in [-0.2, 0) is 23.9 Å². The van der Waals surface area contributed by atoms with E-state index in [1.807, 2.05) is 0 Å². The highest BCUT2D eigenvalue weighted by atomic mass is 16.6. The first kappa shape index (κ1) is 20.5. The Morgan fingerprint density at radius 2 is 1.33 bits per heavy atom. The van der Waals surface area contributed by atoms with E-state index < -0.39 is 58.4 Å². The first-order valence-corrected chi connectivity index (χ1v) is 7.00. The Kier molecular flexibility index (Phi) is 5.17. The van der Waals surface area contributed by atoms with E-state index in [0.717, 1.165) is 20.8 Å². The number of hydrogen-bond acceptors (Lipinski definition) is 10. The summed E-state index contributed by atoms with van der Waals surface area (Å²) in [6.45, 7) is 3.10. The maximum Gasteiger partial charge on any atom is 0.201 e. The van der Waals surface area contributed by atoms with Gasteiger partial charge in [-0.1, -0.05) is 0 Å². The third-order valence-corrected chi connectivity index (χ3v) is 4.51. The van der Waals surface area contributed by atoms with Crippen molar-refractivity contribution in [2.75, 3.05) is 0 Å². The third kappa shape index (κ3) is 2.26. The van der Waals surface area contributed by atoms with Gasteiger partial charge in [-0.15, -0.1) is 0 Å². The lowest BCUT2D eigenvalue weighted by Crippen LogP contribution is -2.88. The smallest absolute Gasteiger partial charge is 0.201 e. The molecule has 1 heterocycles. The fourth-order valence-electron chi connectivity index (χ4n) is 3.02. The van der Waals surface area contributed by atoms with Crippen LogP contribution >= 0.6 is 0 Å². The molecule has 1 fully saturated rings. The van der Waals surface area contributed by atoms with Crippen LogP contribution in [0.1, 0.15) is 27.7 Å². The second-order valence-corrected chi connectivity index (χ2v) is 5.94. The molecule has 1 rings (SSSR count). The van der Waals surface area contributed by atoms with E-state index >= 15 is 0 Å². The lowest BCUT2D eigenvalue weighted by Gasteiger charge is -2.57. The lowest BCUT2D eigenvalue weighted by atomic mass is 9.60. The van der Waals surface area contributed by atoms with Crippen LogP contribution in [0.15, 0.2) is 0 Å². The van der Waals surface area contributed by atoms with Crippen LogP contribution in [-0.4, -0.2) is 78.8 Å². The molecule has 0 amide bonds. The molecule has 136 valence electrons. The second-order valence-electron chi connectivity index (χ2n) is 5.94. The minimum absolute atomic E-state index is 0.705. The normalized spacial score (nSPS) is 40.7. The molecule has 0 aromatic heterocycles. The van der Waals surface area contributed by atoms with Crippen LogP contribution in [0.25, 0.3) is 0 Å². The van der Waals surface area contributed by atoms with Crippen LogP contribution in [0, 0.1) is 0 Å². The molecule has 0 radical (unpaired) electrons. The molecule has 10 nitrogen and oxygen atoms in total. The quantitative estimate of drug-likeness (QED) is 0.335. The monoisotopic (exact) mass is 347 g/mol. The number of ether oxygens (including phenoxy) is 1. The van der Waals surface area contributed by atoms with E-state index in [1.54, 1.807) is 0 Å². The lowest BCUT2D eigenvalue weighted by molar-refractivity contribution is -0.326. The van der Waals surface area contributed by atoms with Crippen LogP contribution in [0.2, 0.25) is 0 Å².